The van der Waals surface area contributed by atoms with E-state index in [0.29, 0.717) is 19.6 Å². The van der Waals surface area contributed by atoms with Gasteiger partial charge < -0.3 is 16.0 Å². The average Bonchev–Trinajstić information content (AvgIpc) is 2.87. The highest BCUT2D eigenvalue weighted by Gasteiger charge is 2.32. The van der Waals surface area contributed by atoms with Crippen molar-refractivity contribution in [3.63, 3.8) is 0 Å². The molecule has 2 saturated heterocycles. The van der Waals surface area contributed by atoms with Gasteiger partial charge in [0.2, 0.25) is 11.8 Å². The summed E-state index contributed by atoms with van der Waals surface area (Å²) < 4.78 is 0. The lowest BCUT2D eigenvalue weighted by atomic mass is 9.96. The summed E-state index contributed by atoms with van der Waals surface area (Å²) >= 11 is 0. The Labute approximate surface area is 139 Å². The highest BCUT2D eigenvalue weighted by Crippen LogP contribution is 2.20. The smallest absolute Gasteiger partial charge is 0.239 e. The summed E-state index contributed by atoms with van der Waals surface area (Å²) in [5, 5.41) is 2.85. The first-order valence-electron chi connectivity index (χ1n) is 9.14. The van der Waals surface area contributed by atoms with E-state index >= 15 is 0 Å². The van der Waals surface area contributed by atoms with E-state index in [1.54, 1.807) is 0 Å². The van der Waals surface area contributed by atoms with Gasteiger partial charge in [-0.1, -0.05) is 12.8 Å². The fourth-order valence-corrected chi connectivity index (χ4v) is 3.63. The predicted octanol–water partition coefficient (Wildman–Crippen LogP) is 0.564. The molecule has 0 aromatic rings. The van der Waals surface area contributed by atoms with Gasteiger partial charge >= 0.3 is 0 Å². The molecule has 6 nitrogen and oxygen atoms in total. The Balaban J connectivity index is 1.88. The zero-order chi connectivity index (χ0) is 16.7. The number of carbonyl (C=O) groups excluding carboxylic acids is 2. The summed E-state index contributed by atoms with van der Waals surface area (Å²) in [4.78, 5) is 29.2. The monoisotopic (exact) mass is 324 g/mol. The lowest BCUT2D eigenvalue weighted by Crippen LogP contribution is -2.52. The molecule has 0 radical (unpaired) electrons. The molecule has 0 aromatic heterocycles. The summed E-state index contributed by atoms with van der Waals surface area (Å²) in [6.07, 6.45) is 6.66. The maximum absolute atomic E-state index is 12.8. The van der Waals surface area contributed by atoms with E-state index in [4.69, 9.17) is 5.73 Å². The van der Waals surface area contributed by atoms with E-state index in [2.05, 4.69) is 10.2 Å². The molecule has 3 N–H and O–H groups in total. The van der Waals surface area contributed by atoms with Gasteiger partial charge in [-0.05, 0) is 45.7 Å². The van der Waals surface area contributed by atoms with Crippen molar-refractivity contribution < 1.29 is 9.59 Å². The topological polar surface area (TPSA) is 78.7 Å². The first kappa shape index (κ1) is 18.2. The third-order valence-electron chi connectivity index (χ3n) is 5.09. The Bertz CT molecular complexity index is 394. The van der Waals surface area contributed by atoms with Crippen molar-refractivity contribution in [3.8, 4) is 0 Å². The summed E-state index contributed by atoms with van der Waals surface area (Å²) in [5.74, 6) is 0.134. The molecule has 2 aliphatic rings. The fraction of sp³-hybridized carbons (Fsp3) is 0.882. The van der Waals surface area contributed by atoms with Crippen molar-refractivity contribution in [2.75, 3.05) is 39.3 Å². The zero-order valence-corrected chi connectivity index (χ0v) is 14.4. The number of hydrogen-bond acceptors (Lipinski definition) is 4. The van der Waals surface area contributed by atoms with Crippen LogP contribution in [0.5, 0.6) is 0 Å². The van der Waals surface area contributed by atoms with Crippen molar-refractivity contribution in [2.45, 2.75) is 51.5 Å². The van der Waals surface area contributed by atoms with E-state index in [-0.39, 0.29) is 23.8 Å². The second kappa shape index (κ2) is 9.23. The van der Waals surface area contributed by atoms with Gasteiger partial charge in [-0.3, -0.25) is 14.5 Å². The number of carbonyl (C=O) groups is 2. The predicted molar refractivity (Wildman–Crippen MR) is 90.9 cm³/mol. The maximum atomic E-state index is 12.8. The third-order valence-corrected chi connectivity index (χ3v) is 5.09. The molecule has 0 bridgehead atoms. The van der Waals surface area contributed by atoms with Crippen LogP contribution in [0.15, 0.2) is 0 Å². The lowest BCUT2D eigenvalue weighted by molar-refractivity contribution is -0.140. The zero-order valence-electron chi connectivity index (χ0n) is 14.4. The summed E-state index contributed by atoms with van der Waals surface area (Å²) in [7, 11) is 0. The van der Waals surface area contributed by atoms with Gasteiger partial charge in [0, 0.05) is 26.2 Å². The molecule has 2 atom stereocenters. The molecular weight excluding hydrogens is 292 g/mol. The molecule has 2 unspecified atom stereocenters. The van der Waals surface area contributed by atoms with Gasteiger partial charge in [0.25, 0.3) is 0 Å². The SMILES string of the molecule is CC(C(=O)N1CCCC(C(=O)NCCN)C1)N1CCCCCC1. The van der Waals surface area contributed by atoms with Gasteiger partial charge in [0.15, 0.2) is 0 Å². The van der Waals surface area contributed by atoms with Crippen molar-refractivity contribution in [2.24, 2.45) is 11.7 Å². The van der Waals surface area contributed by atoms with Crippen LogP contribution >= 0.6 is 0 Å². The van der Waals surface area contributed by atoms with Gasteiger partial charge in [-0.2, -0.15) is 0 Å². The molecule has 0 aromatic carbocycles. The second-order valence-electron chi connectivity index (χ2n) is 6.83. The summed E-state index contributed by atoms with van der Waals surface area (Å²) in [6.45, 7) is 6.33. The minimum Gasteiger partial charge on any atom is -0.355 e. The molecule has 0 spiro atoms. The molecule has 2 fully saturated rings. The first-order chi connectivity index (χ1) is 11.1. The second-order valence-corrected chi connectivity index (χ2v) is 6.83. The molecule has 2 amide bonds. The number of nitrogens with two attached hydrogens (primary N) is 1. The Morgan fingerprint density at radius 1 is 1.13 bits per heavy atom. The third kappa shape index (κ3) is 5.18. The standard InChI is InChI=1S/C17H32N4O2/c1-14(20-10-4-2-3-5-11-20)17(23)21-12-6-7-15(13-21)16(22)19-9-8-18/h14-15H,2-13,18H2,1H3,(H,19,22). The Morgan fingerprint density at radius 2 is 1.83 bits per heavy atom. The van der Waals surface area contributed by atoms with E-state index in [1.165, 1.54) is 25.7 Å². The van der Waals surface area contributed by atoms with Crippen LogP contribution in [-0.2, 0) is 9.59 Å². The molecule has 6 heteroatoms. The van der Waals surface area contributed by atoms with Crippen molar-refractivity contribution in [1.82, 2.24) is 15.1 Å². The van der Waals surface area contributed by atoms with Crippen LogP contribution in [0, 0.1) is 5.92 Å². The van der Waals surface area contributed by atoms with Crippen molar-refractivity contribution in [3.05, 3.63) is 0 Å². The van der Waals surface area contributed by atoms with E-state index in [0.717, 1.165) is 32.5 Å². The minimum absolute atomic E-state index is 0.0374. The van der Waals surface area contributed by atoms with Crippen LogP contribution < -0.4 is 11.1 Å². The highest BCUT2D eigenvalue weighted by atomic mass is 16.2. The number of rotatable bonds is 5. The van der Waals surface area contributed by atoms with E-state index < -0.39 is 0 Å². The largest absolute Gasteiger partial charge is 0.355 e. The first-order valence-corrected chi connectivity index (χ1v) is 9.14. The summed E-state index contributed by atoms with van der Waals surface area (Å²) in [6, 6.07) is -0.0704. The van der Waals surface area contributed by atoms with Crippen LogP contribution in [0.1, 0.15) is 45.4 Å². The molecule has 0 saturated carbocycles. The van der Waals surface area contributed by atoms with Crippen LogP contribution in [0.4, 0.5) is 0 Å². The van der Waals surface area contributed by atoms with Gasteiger partial charge in [-0.15, -0.1) is 0 Å². The van der Waals surface area contributed by atoms with Crippen LogP contribution in [-0.4, -0.2) is 66.9 Å². The minimum atomic E-state index is -0.0874. The molecule has 2 aliphatic heterocycles. The Hall–Kier alpha value is -1.14. The Kier molecular flexibility index (Phi) is 7.30. The van der Waals surface area contributed by atoms with Crippen LogP contribution in [0.25, 0.3) is 0 Å². The number of piperidine rings is 1. The molecule has 2 rings (SSSR count). The van der Waals surface area contributed by atoms with Gasteiger partial charge in [0.1, 0.15) is 0 Å². The molecule has 23 heavy (non-hydrogen) atoms. The molecule has 0 aliphatic carbocycles. The van der Waals surface area contributed by atoms with Crippen LogP contribution in [0.2, 0.25) is 0 Å². The molecular formula is C17H32N4O2. The van der Waals surface area contributed by atoms with Crippen molar-refractivity contribution in [1.29, 1.82) is 0 Å². The number of nitrogens with zero attached hydrogens (tertiary/aromatic N) is 2. The van der Waals surface area contributed by atoms with Gasteiger partial charge in [0.05, 0.1) is 12.0 Å². The molecule has 132 valence electrons. The van der Waals surface area contributed by atoms with E-state index in [1.807, 2.05) is 11.8 Å². The normalized spacial score (nSPS) is 24.8. The maximum Gasteiger partial charge on any atom is 0.239 e. The van der Waals surface area contributed by atoms with E-state index in [9.17, 15) is 9.59 Å². The number of likely N-dealkylation sites (tertiary alicyclic amines) is 2. The molecule has 2 heterocycles. The van der Waals surface area contributed by atoms with Gasteiger partial charge in [-0.25, -0.2) is 0 Å². The number of hydrogen-bond donors (Lipinski definition) is 2. The van der Waals surface area contributed by atoms with Crippen molar-refractivity contribution >= 4 is 11.8 Å². The average molecular weight is 324 g/mol. The fourth-order valence-electron chi connectivity index (χ4n) is 3.63. The van der Waals surface area contributed by atoms with Crippen LogP contribution in [0.3, 0.4) is 0 Å². The number of amides is 2. The quantitative estimate of drug-likeness (QED) is 0.775. The lowest BCUT2D eigenvalue weighted by Gasteiger charge is -2.36. The highest BCUT2D eigenvalue weighted by molar-refractivity contribution is 5.83. The Morgan fingerprint density at radius 3 is 2.48 bits per heavy atom. The number of nitrogens with one attached hydrogen (secondary N) is 1. The summed E-state index contributed by atoms with van der Waals surface area (Å²) in [5.41, 5.74) is 5.43.